The first-order chi connectivity index (χ1) is 26.8. The Balaban J connectivity index is 1.11. The molecule has 0 aliphatic rings. The fourth-order valence-corrected chi connectivity index (χ4v) is 7.89. The molecule has 10 rings (SSSR count). The van der Waals surface area contributed by atoms with Crippen LogP contribution in [-0.4, -0.2) is 0 Å². The van der Waals surface area contributed by atoms with E-state index in [0.29, 0.717) is 0 Å². The molecular weight excluding hydrogens is 655 g/mol. The normalized spacial score (nSPS) is 11.3. The molecule has 10 aromatic rings. The molecule has 0 saturated carbocycles. The van der Waals surface area contributed by atoms with Gasteiger partial charge in [-0.2, -0.15) is 0 Å². The van der Waals surface area contributed by atoms with E-state index in [1.54, 1.807) is 0 Å². The van der Waals surface area contributed by atoms with Crippen molar-refractivity contribution in [2.24, 2.45) is 0 Å². The fourth-order valence-electron chi connectivity index (χ4n) is 7.89. The Hall–Kier alpha value is -7.16. The monoisotopic (exact) mass is 689 g/mol. The van der Waals surface area contributed by atoms with Crippen LogP contribution in [-0.2, 0) is 0 Å². The van der Waals surface area contributed by atoms with Crippen molar-refractivity contribution in [3.8, 4) is 44.5 Å². The molecule has 0 bridgehead atoms. The first-order valence-electron chi connectivity index (χ1n) is 18.4. The summed E-state index contributed by atoms with van der Waals surface area (Å²) in [5.41, 5.74) is 14.3. The summed E-state index contributed by atoms with van der Waals surface area (Å²) in [5.74, 6) is 0. The van der Waals surface area contributed by atoms with Gasteiger partial charge in [0.1, 0.15) is 11.2 Å². The quantitative estimate of drug-likeness (QED) is 0.166. The molecule has 1 heterocycles. The van der Waals surface area contributed by atoms with Crippen LogP contribution in [0.1, 0.15) is 0 Å². The average molecular weight is 690 g/mol. The zero-order valence-electron chi connectivity index (χ0n) is 29.6. The molecule has 2 heteroatoms. The minimum atomic E-state index is 0.898. The summed E-state index contributed by atoms with van der Waals surface area (Å²) in [7, 11) is 0. The Morgan fingerprint density at radius 1 is 0.296 bits per heavy atom. The van der Waals surface area contributed by atoms with Gasteiger partial charge in [-0.15, -0.1) is 0 Å². The van der Waals surface area contributed by atoms with E-state index >= 15 is 0 Å². The third kappa shape index (κ3) is 5.62. The van der Waals surface area contributed by atoms with Gasteiger partial charge in [-0.1, -0.05) is 164 Å². The number of nitrogens with zero attached hydrogens (tertiary/aromatic N) is 1. The van der Waals surface area contributed by atoms with Gasteiger partial charge in [0.25, 0.3) is 0 Å². The van der Waals surface area contributed by atoms with Gasteiger partial charge in [-0.3, -0.25) is 0 Å². The van der Waals surface area contributed by atoms with Crippen LogP contribution < -0.4 is 4.90 Å². The summed E-state index contributed by atoms with van der Waals surface area (Å²) in [6.07, 6.45) is 0. The summed E-state index contributed by atoms with van der Waals surface area (Å²) in [6, 6.07) is 75.7. The number of hydrogen-bond donors (Lipinski definition) is 0. The maximum Gasteiger partial charge on any atom is 0.143 e. The lowest BCUT2D eigenvalue weighted by Crippen LogP contribution is -2.10. The van der Waals surface area contributed by atoms with Crippen LogP contribution in [0.15, 0.2) is 217 Å². The lowest BCUT2D eigenvalue weighted by molar-refractivity contribution is 0.670. The Morgan fingerprint density at radius 2 is 0.796 bits per heavy atom. The zero-order valence-corrected chi connectivity index (χ0v) is 29.6. The van der Waals surface area contributed by atoms with Crippen LogP contribution in [0.5, 0.6) is 0 Å². The molecule has 254 valence electrons. The lowest BCUT2D eigenvalue weighted by Gasteiger charge is -2.27. The molecule has 0 amide bonds. The topological polar surface area (TPSA) is 16.4 Å². The van der Waals surface area contributed by atoms with Crippen molar-refractivity contribution in [3.63, 3.8) is 0 Å². The highest BCUT2D eigenvalue weighted by molar-refractivity contribution is 6.23. The van der Waals surface area contributed by atoms with E-state index in [1.165, 1.54) is 44.2 Å². The Bertz CT molecular complexity index is 2840. The average Bonchev–Trinajstić information content (AvgIpc) is 3.64. The molecule has 1 aromatic heterocycles. The summed E-state index contributed by atoms with van der Waals surface area (Å²) in [6.45, 7) is 0. The summed E-state index contributed by atoms with van der Waals surface area (Å²) < 4.78 is 6.82. The first kappa shape index (κ1) is 31.6. The zero-order chi connectivity index (χ0) is 35.8. The van der Waals surface area contributed by atoms with Gasteiger partial charge in [-0.05, 0) is 98.2 Å². The van der Waals surface area contributed by atoms with Crippen molar-refractivity contribution in [2.45, 2.75) is 0 Å². The van der Waals surface area contributed by atoms with E-state index in [2.05, 4.69) is 217 Å². The number of fused-ring (bicyclic) bond motifs is 5. The van der Waals surface area contributed by atoms with Crippen LogP contribution in [0.25, 0.3) is 77.2 Å². The van der Waals surface area contributed by atoms with Crippen molar-refractivity contribution in [2.75, 3.05) is 4.90 Å². The fraction of sp³-hybridized carbons (Fsp3) is 0. The molecule has 0 fully saturated rings. The van der Waals surface area contributed by atoms with Crippen LogP contribution in [0.3, 0.4) is 0 Å². The van der Waals surface area contributed by atoms with Gasteiger partial charge in [-0.25, -0.2) is 0 Å². The van der Waals surface area contributed by atoms with Gasteiger partial charge >= 0.3 is 0 Å². The Labute approximate surface area is 314 Å². The van der Waals surface area contributed by atoms with Crippen LogP contribution in [0.4, 0.5) is 17.1 Å². The Kier molecular flexibility index (Phi) is 7.85. The summed E-state index contributed by atoms with van der Waals surface area (Å²) in [5, 5.41) is 4.70. The second-order valence-corrected chi connectivity index (χ2v) is 13.7. The van der Waals surface area contributed by atoms with E-state index in [9.17, 15) is 0 Å². The van der Waals surface area contributed by atoms with E-state index in [4.69, 9.17) is 4.42 Å². The van der Waals surface area contributed by atoms with Gasteiger partial charge in [0, 0.05) is 33.4 Å². The number of furan rings is 1. The number of benzene rings is 9. The maximum absolute atomic E-state index is 6.82. The molecule has 2 nitrogen and oxygen atoms in total. The molecule has 0 aliphatic heterocycles. The van der Waals surface area contributed by atoms with Crippen molar-refractivity contribution in [1.29, 1.82) is 0 Å². The molecule has 0 atom stereocenters. The highest BCUT2D eigenvalue weighted by Crippen LogP contribution is 2.44. The smallest absolute Gasteiger partial charge is 0.143 e. The lowest BCUT2D eigenvalue weighted by atomic mass is 9.94. The van der Waals surface area contributed by atoms with Crippen LogP contribution in [0.2, 0.25) is 0 Å². The highest BCUT2D eigenvalue weighted by Gasteiger charge is 2.19. The minimum absolute atomic E-state index is 0.898. The molecule has 0 aliphatic carbocycles. The van der Waals surface area contributed by atoms with Crippen molar-refractivity contribution in [3.05, 3.63) is 212 Å². The second kappa shape index (κ2) is 13.4. The first-order valence-corrected chi connectivity index (χ1v) is 18.4. The van der Waals surface area contributed by atoms with E-state index < -0.39 is 0 Å². The predicted octanol–water partition coefficient (Wildman–Crippen LogP) is 14.9. The van der Waals surface area contributed by atoms with E-state index in [-0.39, 0.29) is 0 Å². The van der Waals surface area contributed by atoms with Gasteiger partial charge in [0.05, 0.1) is 0 Å². The van der Waals surface area contributed by atoms with Crippen LogP contribution in [0, 0.1) is 0 Å². The summed E-state index contributed by atoms with van der Waals surface area (Å²) >= 11 is 0. The minimum Gasteiger partial charge on any atom is -0.455 e. The summed E-state index contributed by atoms with van der Waals surface area (Å²) in [4.78, 5) is 2.35. The molecule has 54 heavy (non-hydrogen) atoms. The number of hydrogen-bond acceptors (Lipinski definition) is 2. The third-order valence-corrected chi connectivity index (χ3v) is 10.4. The Morgan fingerprint density at radius 3 is 1.43 bits per heavy atom. The predicted molar refractivity (Wildman–Crippen MR) is 228 cm³/mol. The van der Waals surface area contributed by atoms with E-state index in [0.717, 1.165) is 50.1 Å². The van der Waals surface area contributed by atoms with Crippen molar-refractivity contribution >= 4 is 49.8 Å². The molecule has 0 saturated heterocycles. The van der Waals surface area contributed by atoms with E-state index in [1.807, 2.05) is 0 Å². The maximum atomic E-state index is 6.82. The molecule has 9 aromatic carbocycles. The standard InChI is InChI=1S/C52H35NO/c1-5-16-36(17-6-1)40-32-41(37-18-7-2-8-19-37)34-44(33-40)53(42-22-11-4-12-23-42)43-30-28-39(29-31-43)45-26-15-27-48-51-47-25-14-13-24-46(47)49(35-50(51)54-52(45)48)38-20-9-3-10-21-38/h1-35H. The third-order valence-electron chi connectivity index (χ3n) is 10.4. The van der Waals surface area contributed by atoms with Crippen molar-refractivity contribution < 1.29 is 4.42 Å². The number of rotatable bonds is 7. The molecule has 0 N–H and O–H groups in total. The van der Waals surface area contributed by atoms with Gasteiger partial charge in [0.2, 0.25) is 0 Å². The highest BCUT2D eigenvalue weighted by atomic mass is 16.3. The molecule has 0 unspecified atom stereocenters. The SMILES string of the molecule is c1ccc(-c2cc(-c3ccccc3)cc(N(c3ccccc3)c3ccc(-c4cccc5c4oc4cc(-c6ccccc6)c6ccccc6c45)cc3)c2)cc1. The largest absolute Gasteiger partial charge is 0.455 e. The molecular formula is C52H35NO. The number of para-hydroxylation sites is 2. The van der Waals surface area contributed by atoms with Gasteiger partial charge in [0.15, 0.2) is 0 Å². The van der Waals surface area contributed by atoms with Gasteiger partial charge < -0.3 is 9.32 Å². The second-order valence-electron chi connectivity index (χ2n) is 13.7. The van der Waals surface area contributed by atoms with Crippen molar-refractivity contribution in [1.82, 2.24) is 0 Å². The number of anilines is 3. The molecule has 0 radical (unpaired) electrons. The molecule has 0 spiro atoms. The van der Waals surface area contributed by atoms with Crippen LogP contribution >= 0.6 is 0 Å².